The molecule has 5 heteroatoms. The molecule has 0 fully saturated rings. The van der Waals surface area contributed by atoms with Crippen LogP contribution in [0.5, 0.6) is 0 Å². The number of halogens is 2. The number of allylic oxidation sites excluding steroid dienone is 3. The lowest BCUT2D eigenvalue weighted by Crippen LogP contribution is -2.18. The van der Waals surface area contributed by atoms with Gasteiger partial charge in [-0.15, -0.1) is 0 Å². The Kier molecular flexibility index (Phi) is 6.07. The SMILES string of the molecule is CCC1=C(CC)/C(=C(\C)c2c(CC)c(CC)c(C)n2B(F)F)N=C1C. The third-order valence-electron chi connectivity index (χ3n) is 5.38. The predicted molar refractivity (Wildman–Crippen MR) is 105 cm³/mol. The smallest absolute Gasteiger partial charge is 0.329 e. The van der Waals surface area contributed by atoms with Gasteiger partial charge in [-0.25, -0.2) is 0 Å². The molecule has 25 heavy (non-hydrogen) atoms. The van der Waals surface area contributed by atoms with Gasteiger partial charge in [0.05, 0.1) is 5.70 Å². The molecule has 1 aliphatic rings. The van der Waals surface area contributed by atoms with Crippen LogP contribution in [0.15, 0.2) is 21.8 Å². The van der Waals surface area contributed by atoms with E-state index in [4.69, 9.17) is 4.99 Å². The van der Waals surface area contributed by atoms with E-state index < -0.39 is 7.40 Å². The largest absolute Gasteiger partial charge is 0.677 e. The number of aliphatic imine (C=N–C) groups is 1. The van der Waals surface area contributed by atoms with Crippen LogP contribution in [-0.2, 0) is 12.8 Å². The predicted octanol–water partition coefficient (Wildman–Crippen LogP) is 6.02. The molecular formula is C20H29BF2N2. The van der Waals surface area contributed by atoms with Crippen molar-refractivity contribution in [3.8, 4) is 0 Å². The lowest BCUT2D eigenvalue weighted by Gasteiger charge is -2.14. The van der Waals surface area contributed by atoms with E-state index >= 15 is 0 Å². The summed E-state index contributed by atoms with van der Waals surface area (Å²) in [5, 5.41) is 0. The van der Waals surface area contributed by atoms with Crippen LogP contribution in [0, 0.1) is 6.92 Å². The fourth-order valence-corrected chi connectivity index (χ4v) is 4.26. The molecule has 1 aromatic heterocycles. The van der Waals surface area contributed by atoms with Gasteiger partial charge in [0.1, 0.15) is 0 Å². The van der Waals surface area contributed by atoms with Crippen LogP contribution in [-0.4, -0.2) is 17.6 Å². The van der Waals surface area contributed by atoms with E-state index in [-0.39, 0.29) is 0 Å². The van der Waals surface area contributed by atoms with Crippen LogP contribution >= 0.6 is 0 Å². The summed E-state index contributed by atoms with van der Waals surface area (Å²) in [5.74, 6) is 0. The molecule has 2 nitrogen and oxygen atoms in total. The maximum absolute atomic E-state index is 13.9. The maximum atomic E-state index is 13.9. The summed E-state index contributed by atoms with van der Waals surface area (Å²) < 4.78 is 29.0. The number of hydrogen-bond acceptors (Lipinski definition) is 1. The molecule has 0 bridgehead atoms. The van der Waals surface area contributed by atoms with Crippen molar-refractivity contribution >= 4 is 18.7 Å². The van der Waals surface area contributed by atoms with Crippen molar-refractivity contribution in [1.29, 1.82) is 0 Å². The minimum absolute atomic E-state index is 0.668. The van der Waals surface area contributed by atoms with Crippen LogP contribution in [0.2, 0.25) is 0 Å². The molecule has 0 saturated carbocycles. The summed E-state index contributed by atoms with van der Waals surface area (Å²) >= 11 is 0. The molecule has 2 rings (SSSR count). The van der Waals surface area contributed by atoms with Crippen molar-refractivity contribution in [3.05, 3.63) is 39.4 Å². The first kappa shape index (κ1) is 19.7. The molecule has 136 valence electrons. The highest BCUT2D eigenvalue weighted by atomic mass is 19.2. The Morgan fingerprint density at radius 2 is 1.48 bits per heavy atom. The molecule has 2 heterocycles. The van der Waals surface area contributed by atoms with Crippen molar-refractivity contribution in [1.82, 2.24) is 4.48 Å². The van der Waals surface area contributed by atoms with Crippen molar-refractivity contribution in [3.63, 3.8) is 0 Å². The first-order chi connectivity index (χ1) is 11.8. The van der Waals surface area contributed by atoms with E-state index in [1.54, 1.807) is 0 Å². The van der Waals surface area contributed by atoms with Crippen molar-refractivity contribution in [2.45, 2.75) is 74.1 Å². The molecule has 0 N–H and O–H groups in total. The average molecular weight is 346 g/mol. The molecule has 0 amide bonds. The van der Waals surface area contributed by atoms with Gasteiger partial charge in [-0.3, -0.25) is 13.6 Å². The minimum atomic E-state index is -2.54. The number of nitrogens with zero attached hydrogens (tertiary/aromatic N) is 2. The highest BCUT2D eigenvalue weighted by molar-refractivity contribution is 6.41. The van der Waals surface area contributed by atoms with Gasteiger partial charge in [0, 0.05) is 17.1 Å². The number of aromatic nitrogens is 1. The van der Waals surface area contributed by atoms with Gasteiger partial charge in [0.15, 0.2) is 0 Å². The van der Waals surface area contributed by atoms with E-state index in [9.17, 15) is 8.63 Å². The molecule has 0 aromatic carbocycles. The molecule has 0 unspecified atom stereocenters. The van der Waals surface area contributed by atoms with Crippen LogP contribution < -0.4 is 0 Å². The first-order valence-corrected chi connectivity index (χ1v) is 9.33. The number of hydrogen-bond donors (Lipinski definition) is 0. The Bertz CT molecular complexity index is 767. The zero-order chi connectivity index (χ0) is 18.9. The molecule has 1 aromatic rings. The quantitative estimate of drug-likeness (QED) is 0.561. The second kappa shape index (κ2) is 7.71. The zero-order valence-electron chi connectivity index (χ0n) is 16.6. The summed E-state index contributed by atoms with van der Waals surface area (Å²) in [6.07, 6.45) is 3.31. The second-order valence-electron chi connectivity index (χ2n) is 6.58. The Morgan fingerprint density at radius 1 is 0.920 bits per heavy atom. The highest BCUT2D eigenvalue weighted by Crippen LogP contribution is 2.38. The molecule has 1 aliphatic heterocycles. The molecule has 0 spiro atoms. The summed E-state index contributed by atoms with van der Waals surface area (Å²) in [6, 6.07) is 0. The molecule has 0 atom stereocenters. The van der Waals surface area contributed by atoms with E-state index in [0.29, 0.717) is 11.4 Å². The normalized spacial score (nSPS) is 16.6. The van der Waals surface area contributed by atoms with Crippen molar-refractivity contribution < 1.29 is 8.63 Å². The van der Waals surface area contributed by atoms with E-state index in [1.807, 2.05) is 34.6 Å². The van der Waals surface area contributed by atoms with Gasteiger partial charge in [-0.2, -0.15) is 0 Å². The zero-order valence-corrected chi connectivity index (χ0v) is 16.6. The second-order valence-corrected chi connectivity index (χ2v) is 6.58. The average Bonchev–Trinajstić information content (AvgIpc) is 3.06. The monoisotopic (exact) mass is 346 g/mol. The topological polar surface area (TPSA) is 17.3 Å². The van der Waals surface area contributed by atoms with Gasteiger partial charge in [0.2, 0.25) is 0 Å². The maximum Gasteiger partial charge on any atom is 0.677 e. The van der Waals surface area contributed by atoms with Crippen LogP contribution in [0.3, 0.4) is 0 Å². The first-order valence-electron chi connectivity index (χ1n) is 9.33. The van der Waals surface area contributed by atoms with E-state index in [2.05, 4.69) is 13.8 Å². The molecule has 0 radical (unpaired) electrons. The van der Waals surface area contributed by atoms with Gasteiger partial charge < -0.3 is 4.48 Å². The van der Waals surface area contributed by atoms with E-state index in [0.717, 1.165) is 53.8 Å². The summed E-state index contributed by atoms with van der Waals surface area (Å²) in [7, 11) is -2.54. The van der Waals surface area contributed by atoms with Crippen LogP contribution in [0.1, 0.15) is 76.9 Å². The Balaban J connectivity index is 2.84. The Hall–Kier alpha value is -1.65. The standard InChI is InChI=1S/C20H29BF2N2/c1-8-15-13(6)24-19(17(15)10-3)12(5)20-18(11-4)16(9-2)14(7)25(20)21(22)23/h8-11H2,1-7H3/b19-12-. The lowest BCUT2D eigenvalue weighted by molar-refractivity contribution is 0.623. The van der Waals surface area contributed by atoms with Crippen molar-refractivity contribution in [2.75, 3.05) is 0 Å². The Labute approximate surface area is 150 Å². The summed E-state index contributed by atoms with van der Waals surface area (Å²) in [4.78, 5) is 4.77. The fraction of sp³-hybridized carbons (Fsp3) is 0.550. The van der Waals surface area contributed by atoms with Crippen LogP contribution in [0.25, 0.3) is 5.57 Å². The summed E-state index contributed by atoms with van der Waals surface area (Å²) in [5.41, 5.74) is 8.70. The van der Waals surface area contributed by atoms with Gasteiger partial charge in [-0.05, 0) is 74.3 Å². The molecular weight excluding hydrogens is 317 g/mol. The van der Waals surface area contributed by atoms with E-state index in [1.165, 1.54) is 15.6 Å². The van der Waals surface area contributed by atoms with Crippen molar-refractivity contribution in [2.24, 2.45) is 4.99 Å². The summed E-state index contributed by atoms with van der Waals surface area (Å²) in [6.45, 7) is 14.1. The molecule has 0 saturated heterocycles. The Morgan fingerprint density at radius 3 is 1.92 bits per heavy atom. The van der Waals surface area contributed by atoms with Gasteiger partial charge in [0.25, 0.3) is 0 Å². The van der Waals surface area contributed by atoms with Crippen LogP contribution in [0.4, 0.5) is 8.63 Å². The number of rotatable bonds is 6. The third kappa shape index (κ3) is 3.13. The fourth-order valence-electron chi connectivity index (χ4n) is 4.26. The highest BCUT2D eigenvalue weighted by Gasteiger charge is 2.31. The molecule has 0 aliphatic carbocycles. The van der Waals surface area contributed by atoms with Gasteiger partial charge >= 0.3 is 7.40 Å². The third-order valence-corrected chi connectivity index (χ3v) is 5.38. The lowest BCUT2D eigenvalue weighted by atomic mass is 9.95. The van der Waals surface area contributed by atoms with Gasteiger partial charge in [-0.1, -0.05) is 27.7 Å². The minimum Gasteiger partial charge on any atom is -0.329 e.